The monoisotopic (exact) mass is 277 g/mol. The predicted octanol–water partition coefficient (Wildman–Crippen LogP) is 3.89. The van der Waals surface area contributed by atoms with Crippen molar-refractivity contribution in [3.63, 3.8) is 0 Å². The molecule has 1 aromatic heterocycles. The lowest BCUT2D eigenvalue weighted by molar-refractivity contribution is -0.139. The second-order valence-electron chi connectivity index (χ2n) is 5.10. The highest BCUT2D eigenvalue weighted by molar-refractivity contribution is 6.32. The van der Waals surface area contributed by atoms with Crippen molar-refractivity contribution in [1.82, 2.24) is 4.98 Å². The van der Waals surface area contributed by atoms with Crippen LogP contribution in [0.4, 0.5) is 0 Å². The fourth-order valence-corrected chi connectivity index (χ4v) is 3.45. The average molecular weight is 278 g/mol. The van der Waals surface area contributed by atoms with Crippen LogP contribution in [0.3, 0.4) is 0 Å². The summed E-state index contributed by atoms with van der Waals surface area (Å²) in [6.45, 7) is 2.06. The highest BCUT2D eigenvalue weighted by Crippen LogP contribution is 2.38. The molecule has 19 heavy (non-hydrogen) atoms. The number of halogens is 1. The van der Waals surface area contributed by atoms with Crippen LogP contribution in [0.5, 0.6) is 0 Å². The van der Waals surface area contributed by atoms with Crippen molar-refractivity contribution in [2.24, 2.45) is 0 Å². The summed E-state index contributed by atoms with van der Waals surface area (Å²) in [6, 6.07) is 3.93. The Bertz CT molecular complexity index is 660. The van der Waals surface area contributed by atoms with Gasteiger partial charge in [0.2, 0.25) is 0 Å². The maximum Gasteiger partial charge on any atom is 0.312 e. The normalized spacial score (nSPS) is 18.5. The minimum atomic E-state index is -0.739. The zero-order chi connectivity index (χ0) is 13.6. The zero-order valence-electron chi connectivity index (χ0n) is 10.8. The van der Waals surface area contributed by atoms with E-state index in [-0.39, 0.29) is 0 Å². The molecule has 2 N–H and O–H groups in total. The van der Waals surface area contributed by atoms with Crippen molar-refractivity contribution in [2.45, 2.75) is 38.5 Å². The zero-order valence-corrected chi connectivity index (χ0v) is 11.5. The maximum atomic E-state index is 11.4. The second-order valence-corrected chi connectivity index (χ2v) is 5.51. The number of benzene rings is 1. The van der Waals surface area contributed by atoms with Crippen molar-refractivity contribution in [3.05, 3.63) is 34.0 Å². The molecule has 1 heterocycles. The van der Waals surface area contributed by atoms with E-state index >= 15 is 0 Å². The molecule has 1 atom stereocenters. The fourth-order valence-electron chi connectivity index (χ4n) is 3.16. The Balaban J connectivity index is 2.29. The van der Waals surface area contributed by atoms with E-state index in [2.05, 4.69) is 11.9 Å². The van der Waals surface area contributed by atoms with Gasteiger partial charge in [0, 0.05) is 16.1 Å². The lowest BCUT2D eigenvalue weighted by Gasteiger charge is -2.18. The van der Waals surface area contributed by atoms with Crippen LogP contribution in [0.2, 0.25) is 5.02 Å². The van der Waals surface area contributed by atoms with Crippen LogP contribution >= 0.6 is 11.6 Å². The van der Waals surface area contributed by atoms with Gasteiger partial charge in [0.05, 0.1) is 11.4 Å². The first-order chi connectivity index (χ1) is 9.13. The highest BCUT2D eigenvalue weighted by atomic mass is 35.5. The molecule has 1 aliphatic rings. The summed E-state index contributed by atoms with van der Waals surface area (Å²) in [6.07, 6.45) is 3.43. The Labute approximate surface area is 116 Å². The van der Waals surface area contributed by atoms with Crippen LogP contribution in [-0.4, -0.2) is 16.1 Å². The largest absolute Gasteiger partial charge is 0.481 e. The fraction of sp³-hybridized carbons (Fsp3) is 0.400. The summed E-state index contributed by atoms with van der Waals surface area (Å²) in [5, 5.41) is 11.2. The minimum Gasteiger partial charge on any atom is -0.481 e. The van der Waals surface area contributed by atoms with Gasteiger partial charge in [-0.25, -0.2) is 0 Å². The minimum absolute atomic E-state index is 0.403. The van der Waals surface area contributed by atoms with Gasteiger partial charge in [0.1, 0.15) is 0 Å². The molecule has 1 aliphatic carbocycles. The molecule has 0 saturated heterocycles. The number of carboxylic acids is 1. The van der Waals surface area contributed by atoms with Gasteiger partial charge in [-0.15, -0.1) is 0 Å². The van der Waals surface area contributed by atoms with E-state index in [9.17, 15) is 9.90 Å². The average Bonchev–Trinajstić information content (AvgIpc) is 2.76. The number of hydrogen-bond donors (Lipinski definition) is 2. The van der Waals surface area contributed by atoms with E-state index in [0.29, 0.717) is 6.42 Å². The molecule has 1 aromatic carbocycles. The van der Waals surface area contributed by atoms with Gasteiger partial charge in [0.25, 0.3) is 0 Å². The van der Waals surface area contributed by atoms with E-state index in [0.717, 1.165) is 46.4 Å². The molecule has 100 valence electrons. The van der Waals surface area contributed by atoms with Crippen LogP contribution in [0.15, 0.2) is 12.1 Å². The number of H-pyrrole nitrogens is 1. The van der Waals surface area contributed by atoms with E-state index < -0.39 is 11.9 Å². The molecule has 3 nitrogen and oxygen atoms in total. The first-order valence-corrected chi connectivity index (χ1v) is 7.06. The van der Waals surface area contributed by atoms with Gasteiger partial charge < -0.3 is 10.1 Å². The number of aryl methyl sites for hydroxylation is 2. The van der Waals surface area contributed by atoms with Gasteiger partial charge >= 0.3 is 5.97 Å². The first-order valence-electron chi connectivity index (χ1n) is 6.68. The van der Waals surface area contributed by atoms with Crippen LogP contribution in [0, 0.1) is 0 Å². The first kappa shape index (κ1) is 12.5. The number of fused-ring (bicyclic) bond motifs is 3. The molecule has 0 amide bonds. The molecule has 4 heteroatoms. The quantitative estimate of drug-likeness (QED) is 0.875. The number of aromatic amines is 1. The molecule has 0 spiro atoms. The molecule has 0 radical (unpaired) electrons. The molecule has 0 fully saturated rings. The molecule has 3 rings (SSSR count). The van der Waals surface area contributed by atoms with Crippen LogP contribution < -0.4 is 0 Å². The second kappa shape index (κ2) is 4.57. The lowest BCUT2D eigenvalue weighted by Crippen LogP contribution is -2.17. The van der Waals surface area contributed by atoms with E-state index in [1.54, 1.807) is 0 Å². The molecule has 0 aliphatic heterocycles. The molecular formula is C15H16ClNO2. The third-order valence-electron chi connectivity index (χ3n) is 4.09. The third-order valence-corrected chi connectivity index (χ3v) is 4.44. The molecule has 0 saturated carbocycles. The topological polar surface area (TPSA) is 53.1 Å². The van der Waals surface area contributed by atoms with E-state index in [4.69, 9.17) is 11.6 Å². The Kier molecular flexibility index (Phi) is 3.02. The van der Waals surface area contributed by atoms with Crippen molar-refractivity contribution in [2.75, 3.05) is 0 Å². The van der Waals surface area contributed by atoms with Crippen LogP contribution in [-0.2, 0) is 17.6 Å². The van der Waals surface area contributed by atoms with Crippen LogP contribution in [0.25, 0.3) is 10.9 Å². The lowest BCUT2D eigenvalue weighted by atomic mass is 9.87. The predicted molar refractivity (Wildman–Crippen MR) is 76.0 cm³/mol. The Morgan fingerprint density at radius 1 is 1.53 bits per heavy atom. The SMILES string of the molecule is CCc1c(Cl)ccc2c3c([nH]c12)C(C(=O)O)CCC3. The molecule has 2 aromatic rings. The Morgan fingerprint density at radius 2 is 2.32 bits per heavy atom. The summed E-state index contributed by atoms with van der Waals surface area (Å²) in [7, 11) is 0. The van der Waals surface area contributed by atoms with Gasteiger partial charge in [-0.05, 0) is 42.9 Å². The number of rotatable bonds is 2. The Hall–Kier alpha value is -1.48. The standard InChI is InChI=1S/C15H16ClNO2/c1-2-8-12(16)7-6-10-9-4-3-5-11(15(18)19)14(9)17-13(8)10/h6-7,11,17H,2-5H2,1H3,(H,18,19). The van der Waals surface area contributed by atoms with Crippen LogP contribution in [0.1, 0.15) is 42.5 Å². The van der Waals surface area contributed by atoms with Crippen molar-refractivity contribution >= 4 is 28.5 Å². The molecule has 0 bridgehead atoms. The number of carbonyl (C=O) groups is 1. The number of carboxylic acid groups (broad SMARTS) is 1. The highest BCUT2D eigenvalue weighted by Gasteiger charge is 2.29. The maximum absolute atomic E-state index is 11.4. The molecular weight excluding hydrogens is 262 g/mol. The van der Waals surface area contributed by atoms with Crippen molar-refractivity contribution in [3.8, 4) is 0 Å². The van der Waals surface area contributed by atoms with Crippen molar-refractivity contribution in [1.29, 1.82) is 0 Å². The van der Waals surface area contributed by atoms with Gasteiger partial charge in [-0.2, -0.15) is 0 Å². The van der Waals surface area contributed by atoms with Gasteiger partial charge in [0.15, 0.2) is 0 Å². The van der Waals surface area contributed by atoms with E-state index in [1.807, 2.05) is 12.1 Å². The third kappa shape index (κ3) is 1.84. The summed E-state index contributed by atoms with van der Waals surface area (Å²) < 4.78 is 0. The summed E-state index contributed by atoms with van der Waals surface area (Å²) in [4.78, 5) is 14.7. The van der Waals surface area contributed by atoms with Gasteiger partial charge in [-0.1, -0.05) is 24.6 Å². The van der Waals surface area contributed by atoms with Gasteiger partial charge in [-0.3, -0.25) is 4.79 Å². The summed E-state index contributed by atoms with van der Waals surface area (Å²) in [5.41, 5.74) is 4.15. The number of hydrogen-bond acceptors (Lipinski definition) is 1. The summed E-state index contributed by atoms with van der Waals surface area (Å²) in [5.74, 6) is -1.14. The Morgan fingerprint density at radius 3 is 3.00 bits per heavy atom. The molecule has 1 unspecified atom stereocenters. The number of aliphatic carboxylic acids is 1. The smallest absolute Gasteiger partial charge is 0.312 e. The number of nitrogens with one attached hydrogen (secondary N) is 1. The van der Waals surface area contributed by atoms with E-state index in [1.165, 1.54) is 5.56 Å². The number of aromatic nitrogens is 1. The van der Waals surface area contributed by atoms with Crippen molar-refractivity contribution < 1.29 is 9.90 Å². The summed E-state index contributed by atoms with van der Waals surface area (Å²) >= 11 is 6.23.